The van der Waals surface area contributed by atoms with Crippen molar-refractivity contribution >= 4 is 12.0 Å². The van der Waals surface area contributed by atoms with Crippen molar-refractivity contribution in [2.24, 2.45) is 5.92 Å². The summed E-state index contributed by atoms with van der Waals surface area (Å²) in [5.74, 6) is -0.507. The third-order valence-corrected chi connectivity index (χ3v) is 1.64. The second-order valence-electron chi connectivity index (χ2n) is 2.54. The molecule has 0 unspecified atom stereocenters. The van der Waals surface area contributed by atoms with Gasteiger partial charge in [-0.15, -0.1) is 0 Å². The molecule has 0 saturated carbocycles. The molecule has 0 atom stereocenters. The number of nitrogens with one attached hydrogen (secondary N) is 2. The average Bonchev–Trinajstić information content (AvgIpc) is 2.06. The molecule has 1 rings (SSSR count). The molecule has 5 nitrogen and oxygen atoms in total. The van der Waals surface area contributed by atoms with Crippen molar-refractivity contribution in [2.75, 3.05) is 19.7 Å². The van der Waals surface area contributed by atoms with Gasteiger partial charge in [-0.2, -0.15) is 0 Å². The van der Waals surface area contributed by atoms with Crippen LogP contribution in [0.5, 0.6) is 0 Å². The van der Waals surface area contributed by atoms with E-state index in [9.17, 15) is 9.59 Å². The highest BCUT2D eigenvalue weighted by molar-refractivity contribution is 5.79. The summed E-state index contributed by atoms with van der Waals surface area (Å²) in [7, 11) is 0. The third kappa shape index (κ3) is 2.11. The minimum absolute atomic E-state index is 0.226. The summed E-state index contributed by atoms with van der Waals surface area (Å²) < 4.78 is 4.79. The van der Waals surface area contributed by atoms with Crippen LogP contribution in [0.25, 0.3) is 0 Å². The zero-order valence-electron chi connectivity index (χ0n) is 6.92. The SMILES string of the molecule is CCOC(=O)C1CNC(=O)NC1. The van der Waals surface area contributed by atoms with Gasteiger partial charge in [-0.1, -0.05) is 0 Å². The predicted molar refractivity (Wildman–Crippen MR) is 41.5 cm³/mol. The van der Waals surface area contributed by atoms with E-state index in [0.29, 0.717) is 19.7 Å². The van der Waals surface area contributed by atoms with Crippen LogP contribution in [-0.2, 0) is 9.53 Å². The molecule has 68 valence electrons. The van der Waals surface area contributed by atoms with E-state index in [1.165, 1.54) is 0 Å². The first-order valence-electron chi connectivity index (χ1n) is 3.92. The van der Waals surface area contributed by atoms with Crippen LogP contribution >= 0.6 is 0 Å². The number of rotatable bonds is 2. The van der Waals surface area contributed by atoms with Gasteiger partial charge in [0.25, 0.3) is 0 Å². The fourth-order valence-electron chi connectivity index (χ4n) is 0.993. The topological polar surface area (TPSA) is 67.4 Å². The Morgan fingerprint density at radius 1 is 1.58 bits per heavy atom. The van der Waals surface area contributed by atoms with Gasteiger partial charge in [0, 0.05) is 13.1 Å². The van der Waals surface area contributed by atoms with Gasteiger partial charge >= 0.3 is 12.0 Å². The molecule has 5 heteroatoms. The van der Waals surface area contributed by atoms with Crippen LogP contribution in [0, 0.1) is 5.92 Å². The molecule has 1 fully saturated rings. The van der Waals surface area contributed by atoms with E-state index in [2.05, 4.69) is 10.6 Å². The lowest BCUT2D eigenvalue weighted by Gasteiger charge is -2.21. The molecule has 0 radical (unpaired) electrons. The fourth-order valence-corrected chi connectivity index (χ4v) is 0.993. The molecule has 1 heterocycles. The third-order valence-electron chi connectivity index (χ3n) is 1.64. The molecule has 0 aromatic carbocycles. The smallest absolute Gasteiger partial charge is 0.314 e. The second kappa shape index (κ2) is 3.94. The van der Waals surface area contributed by atoms with Crippen molar-refractivity contribution in [2.45, 2.75) is 6.92 Å². The van der Waals surface area contributed by atoms with Crippen molar-refractivity contribution in [1.82, 2.24) is 10.6 Å². The van der Waals surface area contributed by atoms with Gasteiger partial charge in [0.05, 0.1) is 12.5 Å². The zero-order valence-corrected chi connectivity index (χ0v) is 6.92. The van der Waals surface area contributed by atoms with Crippen LogP contribution in [0.3, 0.4) is 0 Å². The summed E-state index contributed by atoms with van der Waals surface area (Å²) in [6.45, 7) is 2.87. The van der Waals surface area contributed by atoms with Gasteiger partial charge in [-0.05, 0) is 6.92 Å². The van der Waals surface area contributed by atoms with Crippen molar-refractivity contribution in [3.63, 3.8) is 0 Å². The summed E-state index contributed by atoms with van der Waals surface area (Å²) in [4.78, 5) is 21.7. The predicted octanol–water partition coefficient (Wildman–Crippen LogP) is -0.521. The lowest BCUT2D eigenvalue weighted by molar-refractivity contribution is -0.147. The van der Waals surface area contributed by atoms with E-state index in [1.807, 2.05) is 0 Å². The molecule has 12 heavy (non-hydrogen) atoms. The largest absolute Gasteiger partial charge is 0.466 e. The minimum Gasteiger partial charge on any atom is -0.466 e. The Morgan fingerprint density at radius 2 is 2.17 bits per heavy atom. The maximum atomic E-state index is 11.1. The number of amides is 2. The van der Waals surface area contributed by atoms with Crippen LogP contribution < -0.4 is 10.6 Å². The highest BCUT2D eigenvalue weighted by Crippen LogP contribution is 2.00. The molecule has 0 aromatic rings. The Morgan fingerprint density at radius 3 is 2.67 bits per heavy atom. The molecule has 0 spiro atoms. The molecule has 0 aromatic heterocycles. The van der Waals surface area contributed by atoms with E-state index >= 15 is 0 Å². The van der Waals surface area contributed by atoms with Gasteiger partial charge in [0.2, 0.25) is 0 Å². The van der Waals surface area contributed by atoms with Crippen LogP contribution in [0.15, 0.2) is 0 Å². The second-order valence-corrected chi connectivity index (χ2v) is 2.54. The van der Waals surface area contributed by atoms with E-state index < -0.39 is 0 Å². The average molecular weight is 172 g/mol. The van der Waals surface area contributed by atoms with Gasteiger partial charge in [0.15, 0.2) is 0 Å². The summed E-state index contributed by atoms with van der Waals surface area (Å²) >= 11 is 0. The number of urea groups is 1. The van der Waals surface area contributed by atoms with Crippen LogP contribution in [0.1, 0.15) is 6.92 Å². The van der Waals surface area contributed by atoms with Gasteiger partial charge in [-0.25, -0.2) is 4.79 Å². The Labute approximate surface area is 70.5 Å². The summed E-state index contributed by atoms with van der Waals surface area (Å²) in [5, 5.41) is 5.04. The number of carbonyl (C=O) groups is 2. The first-order chi connectivity index (χ1) is 5.74. The molecule has 1 saturated heterocycles. The Hall–Kier alpha value is -1.26. The maximum Gasteiger partial charge on any atom is 0.314 e. The van der Waals surface area contributed by atoms with Crippen molar-refractivity contribution in [3.8, 4) is 0 Å². The molecule has 0 bridgehead atoms. The van der Waals surface area contributed by atoms with Crippen LogP contribution in [0.2, 0.25) is 0 Å². The first-order valence-corrected chi connectivity index (χ1v) is 3.92. The summed E-state index contributed by atoms with van der Waals surface area (Å²) in [5.41, 5.74) is 0. The molecular formula is C7H12N2O3. The number of esters is 1. The Bertz CT molecular complexity index is 183. The number of ether oxygens (including phenoxy) is 1. The number of carbonyl (C=O) groups excluding carboxylic acids is 2. The quantitative estimate of drug-likeness (QED) is 0.551. The molecule has 1 aliphatic rings. The minimum atomic E-state index is -0.259. The molecule has 2 amide bonds. The first kappa shape index (κ1) is 8.83. The van der Waals surface area contributed by atoms with Crippen LogP contribution in [-0.4, -0.2) is 31.7 Å². The molecule has 2 N–H and O–H groups in total. The van der Waals surface area contributed by atoms with Crippen molar-refractivity contribution in [1.29, 1.82) is 0 Å². The number of hydrogen-bond acceptors (Lipinski definition) is 3. The Balaban J connectivity index is 2.33. The van der Waals surface area contributed by atoms with Crippen molar-refractivity contribution in [3.05, 3.63) is 0 Å². The number of hydrogen-bond donors (Lipinski definition) is 2. The van der Waals surface area contributed by atoms with Gasteiger partial charge in [-0.3, -0.25) is 4.79 Å². The molecule has 0 aliphatic carbocycles. The highest BCUT2D eigenvalue weighted by Gasteiger charge is 2.24. The zero-order chi connectivity index (χ0) is 8.97. The summed E-state index contributed by atoms with van der Waals surface area (Å²) in [6, 6.07) is -0.226. The van der Waals surface area contributed by atoms with Crippen LogP contribution in [0.4, 0.5) is 4.79 Å². The van der Waals surface area contributed by atoms with Crippen molar-refractivity contribution < 1.29 is 14.3 Å². The standard InChI is InChI=1S/C7H12N2O3/c1-2-12-6(10)5-3-8-7(11)9-4-5/h5H,2-4H2,1H3,(H2,8,9,11). The monoisotopic (exact) mass is 172 g/mol. The lowest BCUT2D eigenvalue weighted by Crippen LogP contribution is -2.50. The molecule has 1 aliphatic heterocycles. The fraction of sp³-hybridized carbons (Fsp3) is 0.714. The van der Waals surface area contributed by atoms with E-state index in [-0.39, 0.29) is 17.9 Å². The van der Waals surface area contributed by atoms with Gasteiger partial charge < -0.3 is 15.4 Å². The van der Waals surface area contributed by atoms with E-state index in [0.717, 1.165) is 0 Å². The van der Waals surface area contributed by atoms with E-state index in [4.69, 9.17) is 4.74 Å². The Kier molecular flexibility index (Phi) is 2.90. The maximum absolute atomic E-state index is 11.1. The van der Waals surface area contributed by atoms with Gasteiger partial charge in [0.1, 0.15) is 0 Å². The normalized spacial score (nSPS) is 17.9. The lowest BCUT2D eigenvalue weighted by atomic mass is 10.1. The summed E-state index contributed by atoms with van der Waals surface area (Å²) in [6.07, 6.45) is 0. The molecular weight excluding hydrogens is 160 g/mol. The van der Waals surface area contributed by atoms with E-state index in [1.54, 1.807) is 6.92 Å². The highest BCUT2D eigenvalue weighted by atomic mass is 16.5.